The van der Waals surface area contributed by atoms with Crippen LogP contribution in [0, 0.1) is 0 Å². The van der Waals surface area contributed by atoms with Crippen LogP contribution in [0.3, 0.4) is 0 Å². The molecule has 0 bridgehead atoms. The molecule has 1 aromatic rings. The van der Waals surface area contributed by atoms with Gasteiger partial charge in [-0.3, -0.25) is 14.7 Å². The first-order valence-electron chi connectivity index (χ1n) is 8.08. The van der Waals surface area contributed by atoms with E-state index in [9.17, 15) is 9.59 Å². The fourth-order valence-corrected chi connectivity index (χ4v) is 2.99. The van der Waals surface area contributed by atoms with Crippen molar-refractivity contribution in [2.75, 3.05) is 46.5 Å². The van der Waals surface area contributed by atoms with Crippen LogP contribution in [0.1, 0.15) is 11.9 Å². The third-order valence-corrected chi connectivity index (χ3v) is 4.37. The number of carbonyl (C=O) groups is 2. The number of hydrogen-bond donors (Lipinski definition) is 2. The Balaban J connectivity index is 2.18. The van der Waals surface area contributed by atoms with Gasteiger partial charge in [0.1, 0.15) is 0 Å². The molecule has 1 aromatic heterocycles. The normalized spacial score (nSPS) is 14.2. The molecule has 26 heavy (non-hydrogen) atoms. The molecule has 0 spiro atoms. The minimum absolute atomic E-state index is 0.149. The van der Waals surface area contributed by atoms with E-state index in [0.29, 0.717) is 41.9 Å². The van der Waals surface area contributed by atoms with Gasteiger partial charge in [-0.25, -0.2) is 9.78 Å². The Labute approximate surface area is 155 Å². The Morgan fingerprint density at radius 2 is 2.27 bits per heavy atom. The number of nitrogens with one attached hydrogen (secondary N) is 1. The Kier molecular flexibility index (Phi) is 7.70. The number of amidine groups is 1. The van der Waals surface area contributed by atoms with Gasteiger partial charge >= 0.3 is 11.9 Å². The average Bonchev–Trinajstić information content (AvgIpc) is 3.15. The largest absolute Gasteiger partial charge is 0.480 e. The van der Waals surface area contributed by atoms with Gasteiger partial charge in [-0.1, -0.05) is 0 Å². The van der Waals surface area contributed by atoms with Gasteiger partial charge in [-0.2, -0.15) is 0 Å². The molecule has 0 amide bonds. The molecule has 9 nitrogen and oxygen atoms in total. The topological polar surface area (TPSA) is 113 Å². The van der Waals surface area contributed by atoms with Crippen molar-refractivity contribution in [3.8, 4) is 0 Å². The van der Waals surface area contributed by atoms with E-state index in [1.165, 1.54) is 18.4 Å². The number of hydrogen-bond acceptors (Lipinski definition) is 9. The SMILES string of the molecule is CCOCCN(CC(=O)O)CC1=C(C(=O)OC)CN=C(c2nccs2)N1. The van der Waals surface area contributed by atoms with Crippen molar-refractivity contribution >= 4 is 29.1 Å². The average molecular weight is 382 g/mol. The number of methoxy groups -OCH3 is 1. The van der Waals surface area contributed by atoms with E-state index in [0.717, 1.165) is 0 Å². The van der Waals surface area contributed by atoms with Crippen LogP contribution < -0.4 is 5.32 Å². The fourth-order valence-electron chi connectivity index (χ4n) is 2.39. The molecule has 10 heteroatoms. The van der Waals surface area contributed by atoms with Crippen molar-refractivity contribution in [1.82, 2.24) is 15.2 Å². The summed E-state index contributed by atoms with van der Waals surface area (Å²) < 4.78 is 10.1. The van der Waals surface area contributed by atoms with Crippen LogP contribution in [-0.4, -0.2) is 79.3 Å². The van der Waals surface area contributed by atoms with Gasteiger partial charge in [0.15, 0.2) is 10.8 Å². The highest BCUT2D eigenvalue weighted by atomic mass is 32.1. The Morgan fingerprint density at radius 1 is 1.46 bits per heavy atom. The highest BCUT2D eigenvalue weighted by Gasteiger charge is 2.25. The Bertz CT molecular complexity index is 687. The number of thiazole rings is 1. The van der Waals surface area contributed by atoms with Crippen molar-refractivity contribution in [2.24, 2.45) is 4.99 Å². The second-order valence-corrected chi connectivity index (χ2v) is 6.27. The van der Waals surface area contributed by atoms with Gasteiger partial charge in [-0.15, -0.1) is 11.3 Å². The van der Waals surface area contributed by atoms with E-state index >= 15 is 0 Å². The molecule has 142 valence electrons. The molecule has 0 unspecified atom stereocenters. The highest BCUT2D eigenvalue weighted by Crippen LogP contribution is 2.15. The van der Waals surface area contributed by atoms with E-state index in [1.54, 1.807) is 11.1 Å². The summed E-state index contributed by atoms with van der Waals surface area (Å²) in [7, 11) is 1.30. The van der Waals surface area contributed by atoms with Gasteiger partial charge in [0, 0.05) is 37.0 Å². The monoisotopic (exact) mass is 382 g/mol. The second kappa shape index (κ2) is 10.00. The summed E-state index contributed by atoms with van der Waals surface area (Å²) in [5.41, 5.74) is 0.939. The summed E-state index contributed by atoms with van der Waals surface area (Å²) in [6.45, 7) is 3.46. The van der Waals surface area contributed by atoms with Crippen molar-refractivity contribution in [3.05, 3.63) is 27.9 Å². The predicted octanol–water partition coefficient (Wildman–Crippen LogP) is 0.343. The van der Waals surface area contributed by atoms with Crippen molar-refractivity contribution < 1.29 is 24.2 Å². The zero-order valence-corrected chi connectivity index (χ0v) is 15.5. The highest BCUT2D eigenvalue weighted by molar-refractivity contribution is 7.11. The Hall–Kier alpha value is -2.30. The number of carboxylic acids is 1. The molecule has 0 atom stereocenters. The summed E-state index contributed by atoms with van der Waals surface area (Å²) in [6.07, 6.45) is 1.67. The van der Waals surface area contributed by atoms with Crippen LogP contribution in [0.15, 0.2) is 27.8 Å². The number of aliphatic imine (C=N–C) groups is 1. The molecular formula is C16H22N4O5S. The van der Waals surface area contributed by atoms with E-state index in [2.05, 4.69) is 15.3 Å². The third-order valence-electron chi connectivity index (χ3n) is 3.59. The standard InChI is InChI=1S/C16H22N4O5S/c1-3-25-6-5-20(10-13(21)22)9-12-11(16(23)24-2)8-18-14(19-12)15-17-4-7-26-15/h4,7H,3,5-6,8-10H2,1-2H3,(H,18,19)(H,21,22). The summed E-state index contributed by atoms with van der Waals surface area (Å²) >= 11 is 1.42. The van der Waals surface area contributed by atoms with Crippen LogP contribution in [0.4, 0.5) is 0 Å². The third kappa shape index (κ3) is 5.61. The quantitative estimate of drug-likeness (QED) is 0.440. The molecule has 2 heterocycles. The molecule has 1 aliphatic rings. The molecule has 0 saturated carbocycles. The minimum atomic E-state index is -0.952. The number of nitrogens with zero attached hydrogens (tertiary/aromatic N) is 3. The molecule has 2 rings (SSSR count). The summed E-state index contributed by atoms with van der Waals surface area (Å²) in [5, 5.41) is 14.8. The van der Waals surface area contributed by atoms with Gasteiger partial charge in [-0.05, 0) is 6.92 Å². The number of carbonyl (C=O) groups excluding carboxylic acids is 1. The van der Waals surface area contributed by atoms with E-state index in [1.807, 2.05) is 12.3 Å². The fraction of sp³-hybridized carbons (Fsp3) is 0.500. The molecule has 0 fully saturated rings. The van der Waals surface area contributed by atoms with Crippen LogP contribution >= 0.6 is 11.3 Å². The number of aliphatic carboxylic acids is 1. The number of aromatic nitrogens is 1. The van der Waals surface area contributed by atoms with Crippen molar-refractivity contribution in [1.29, 1.82) is 0 Å². The molecule has 1 aliphatic heterocycles. The molecule has 2 N–H and O–H groups in total. The molecular weight excluding hydrogens is 360 g/mol. The maximum absolute atomic E-state index is 12.1. The predicted molar refractivity (Wildman–Crippen MR) is 96.3 cm³/mol. The molecule has 0 saturated heterocycles. The Morgan fingerprint density at radius 3 is 2.88 bits per heavy atom. The lowest BCUT2D eigenvalue weighted by molar-refractivity contribution is -0.138. The molecule has 0 aliphatic carbocycles. The van der Waals surface area contributed by atoms with E-state index in [-0.39, 0.29) is 19.6 Å². The smallest absolute Gasteiger partial charge is 0.337 e. The molecule has 0 radical (unpaired) electrons. The maximum atomic E-state index is 12.1. The lowest BCUT2D eigenvalue weighted by Gasteiger charge is -2.26. The van der Waals surface area contributed by atoms with E-state index < -0.39 is 11.9 Å². The lowest BCUT2D eigenvalue weighted by Crippen LogP contribution is -2.41. The second-order valence-electron chi connectivity index (χ2n) is 5.38. The van der Waals surface area contributed by atoms with Crippen LogP contribution in [0.2, 0.25) is 0 Å². The zero-order chi connectivity index (χ0) is 18.9. The number of esters is 1. The van der Waals surface area contributed by atoms with Gasteiger partial charge in [0.2, 0.25) is 0 Å². The van der Waals surface area contributed by atoms with Crippen LogP contribution in [-0.2, 0) is 19.1 Å². The van der Waals surface area contributed by atoms with Gasteiger partial charge in [0.05, 0.1) is 32.4 Å². The zero-order valence-electron chi connectivity index (χ0n) is 14.7. The van der Waals surface area contributed by atoms with Crippen molar-refractivity contribution in [2.45, 2.75) is 6.92 Å². The van der Waals surface area contributed by atoms with Crippen LogP contribution in [0.5, 0.6) is 0 Å². The first kappa shape index (κ1) is 20.0. The lowest BCUT2D eigenvalue weighted by atomic mass is 10.1. The number of rotatable bonds is 10. The van der Waals surface area contributed by atoms with Gasteiger partial charge < -0.3 is 19.9 Å². The molecule has 0 aromatic carbocycles. The first-order chi connectivity index (χ1) is 12.5. The summed E-state index contributed by atoms with van der Waals surface area (Å²) in [6, 6.07) is 0. The van der Waals surface area contributed by atoms with Crippen molar-refractivity contribution in [3.63, 3.8) is 0 Å². The van der Waals surface area contributed by atoms with E-state index in [4.69, 9.17) is 14.6 Å². The number of ether oxygens (including phenoxy) is 2. The summed E-state index contributed by atoms with van der Waals surface area (Å²) in [4.78, 5) is 33.5. The first-order valence-corrected chi connectivity index (χ1v) is 8.96. The summed E-state index contributed by atoms with van der Waals surface area (Å²) in [5.74, 6) is -0.886. The number of carboxylic acid groups (broad SMARTS) is 1. The maximum Gasteiger partial charge on any atom is 0.337 e. The van der Waals surface area contributed by atoms with Gasteiger partial charge in [0.25, 0.3) is 0 Å². The minimum Gasteiger partial charge on any atom is -0.480 e. The van der Waals surface area contributed by atoms with Crippen LogP contribution in [0.25, 0.3) is 0 Å².